The molecule has 1 saturated heterocycles. The normalized spacial score (nSPS) is 15.8. The van der Waals surface area contributed by atoms with E-state index in [1.807, 2.05) is 18.2 Å². The van der Waals surface area contributed by atoms with Gasteiger partial charge in [0, 0.05) is 30.9 Å². The van der Waals surface area contributed by atoms with Crippen molar-refractivity contribution in [1.29, 1.82) is 0 Å². The van der Waals surface area contributed by atoms with Crippen molar-refractivity contribution < 1.29 is 14.7 Å². The Bertz CT molecular complexity index is 513. The molecule has 1 fully saturated rings. The summed E-state index contributed by atoms with van der Waals surface area (Å²) in [5, 5.41) is 11.3. The van der Waals surface area contributed by atoms with Crippen LogP contribution in [-0.4, -0.2) is 36.1 Å². The lowest BCUT2D eigenvalue weighted by atomic mass is 10.1. The van der Waals surface area contributed by atoms with Gasteiger partial charge in [0.1, 0.15) is 0 Å². The van der Waals surface area contributed by atoms with Crippen molar-refractivity contribution in [3.05, 3.63) is 24.3 Å². The third kappa shape index (κ3) is 4.46. The summed E-state index contributed by atoms with van der Waals surface area (Å²) in [7, 11) is 0. The molecule has 1 aliphatic heterocycles. The van der Waals surface area contributed by atoms with E-state index in [1.54, 1.807) is 6.07 Å². The molecule has 0 bridgehead atoms. The number of nitrogens with one attached hydrogen (secondary N) is 1. The summed E-state index contributed by atoms with van der Waals surface area (Å²) in [6.45, 7) is 2.07. The maximum absolute atomic E-state index is 11.9. The number of hydrogen-bond acceptors (Lipinski definition) is 4. The van der Waals surface area contributed by atoms with Crippen molar-refractivity contribution in [2.75, 3.05) is 23.3 Å². The lowest BCUT2D eigenvalue weighted by Crippen LogP contribution is -2.36. The number of rotatable bonds is 6. The minimum Gasteiger partial charge on any atom is -0.481 e. The van der Waals surface area contributed by atoms with Crippen LogP contribution >= 0.6 is 0 Å². The van der Waals surface area contributed by atoms with E-state index in [9.17, 15) is 9.59 Å². The van der Waals surface area contributed by atoms with Crippen molar-refractivity contribution in [3.63, 3.8) is 0 Å². The highest BCUT2D eigenvalue weighted by Gasteiger charge is 2.16. The van der Waals surface area contributed by atoms with Crippen molar-refractivity contribution >= 4 is 23.3 Å². The Labute approximate surface area is 123 Å². The Morgan fingerprint density at radius 3 is 2.71 bits per heavy atom. The third-order valence-electron chi connectivity index (χ3n) is 3.59. The molecule has 6 heteroatoms. The van der Waals surface area contributed by atoms with E-state index in [0.29, 0.717) is 5.69 Å². The number of carboxylic acids is 1. The van der Waals surface area contributed by atoms with E-state index in [4.69, 9.17) is 10.8 Å². The molecule has 1 aliphatic rings. The van der Waals surface area contributed by atoms with Gasteiger partial charge in [-0.25, -0.2) is 0 Å². The van der Waals surface area contributed by atoms with E-state index < -0.39 is 12.0 Å². The maximum Gasteiger partial charge on any atom is 0.303 e. The van der Waals surface area contributed by atoms with E-state index >= 15 is 0 Å². The first kappa shape index (κ1) is 15.3. The number of carbonyl (C=O) groups is 2. The Morgan fingerprint density at radius 2 is 2.05 bits per heavy atom. The molecule has 4 N–H and O–H groups in total. The van der Waals surface area contributed by atoms with Crippen LogP contribution in [-0.2, 0) is 9.59 Å². The van der Waals surface area contributed by atoms with Gasteiger partial charge in [-0.05, 0) is 37.5 Å². The topological polar surface area (TPSA) is 95.7 Å². The van der Waals surface area contributed by atoms with Crippen LogP contribution < -0.4 is 16.0 Å². The largest absolute Gasteiger partial charge is 0.481 e. The van der Waals surface area contributed by atoms with Crippen LogP contribution in [0.25, 0.3) is 0 Å². The molecular formula is C15H21N3O3. The second kappa shape index (κ2) is 7.08. The number of amides is 1. The van der Waals surface area contributed by atoms with Gasteiger partial charge < -0.3 is 21.1 Å². The standard InChI is InChI=1S/C15H21N3O3/c16-13(6-7-14(19)20)15(21)17-11-4-3-5-12(10-11)18-8-1-2-9-18/h3-5,10,13H,1-2,6-9,16H2,(H,17,21)(H,19,20). The van der Waals surface area contributed by atoms with E-state index in [0.717, 1.165) is 18.8 Å². The van der Waals surface area contributed by atoms with Crippen molar-refractivity contribution in [2.45, 2.75) is 31.7 Å². The first-order valence-electron chi connectivity index (χ1n) is 7.19. The second-order valence-corrected chi connectivity index (χ2v) is 5.27. The molecule has 0 aliphatic carbocycles. The average molecular weight is 291 g/mol. The first-order chi connectivity index (χ1) is 10.1. The van der Waals surface area contributed by atoms with Gasteiger partial charge in [-0.1, -0.05) is 6.07 Å². The molecule has 21 heavy (non-hydrogen) atoms. The molecule has 0 spiro atoms. The van der Waals surface area contributed by atoms with Crippen molar-refractivity contribution in [3.8, 4) is 0 Å². The maximum atomic E-state index is 11.9. The molecule has 114 valence electrons. The predicted octanol–water partition coefficient (Wildman–Crippen LogP) is 1.42. The monoisotopic (exact) mass is 291 g/mol. The fourth-order valence-corrected chi connectivity index (χ4v) is 2.40. The van der Waals surface area contributed by atoms with Crippen molar-refractivity contribution in [1.82, 2.24) is 0 Å². The molecule has 1 aromatic carbocycles. The molecule has 0 radical (unpaired) electrons. The smallest absolute Gasteiger partial charge is 0.303 e. The van der Waals surface area contributed by atoms with Gasteiger partial charge in [0.2, 0.25) is 5.91 Å². The highest BCUT2D eigenvalue weighted by molar-refractivity contribution is 5.95. The molecule has 6 nitrogen and oxygen atoms in total. The minimum atomic E-state index is -0.950. The van der Waals surface area contributed by atoms with E-state index in [2.05, 4.69) is 10.2 Å². The summed E-state index contributed by atoms with van der Waals surface area (Å²) in [5.41, 5.74) is 7.47. The summed E-state index contributed by atoms with van der Waals surface area (Å²) in [5.74, 6) is -1.30. The van der Waals surface area contributed by atoms with Crippen LogP contribution in [0.5, 0.6) is 0 Å². The Hall–Kier alpha value is -2.08. The van der Waals surface area contributed by atoms with Gasteiger partial charge >= 0.3 is 5.97 Å². The fraction of sp³-hybridized carbons (Fsp3) is 0.467. The number of carboxylic acid groups (broad SMARTS) is 1. The summed E-state index contributed by atoms with van der Waals surface area (Å²) in [6, 6.07) is 6.84. The Morgan fingerprint density at radius 1 is 1.33 bits per heavy atom. The van der Waals surface area contributed by atoms with Gasteiger partial charge in [-0.2, -0.15) is 0 Å². The number of nitrogens with two attached hydrogens (primary N) is 1. The number of nitrogens with zero attached hydrogens (tertiary/aromatic N) is 1. The van der Waals surface area contributed by atoms with Gasteiger partial charge in [0.15, 0.2) is 0 Å². The van der Waals surface area contributed by atoms with Crippen LogP contribution in [0.2, 0.25) is 0 Å². The van der Waals surface area contributed by atoms with Gasteiger partial charge in [0.25, 0.3) is 0 Å². The Kier molecular flexibility index (Phi) is 5.16. The molecule has 0 aromatic heterocycles. The lowest BCUT2D eigenvalue weighted by molar-refractivity contribution is -0.137. The fourth-order valence-electron chi connectivity index (χ4n) is 2.40. The van der Waals surface area contributed by atoms with Crippen LogP contribution in [0.4, 0.5) is 11.4 Å². The lowest BCUT2D eigenvalue weighted by Gasteiger charge is -2.19. The summed E-state index contributed by atoms with van der Waals surface area (Å²) in [4.78, 5) is 24.7. The zero-order valence-corrected chi connectivity index (χ0v) is 11.9. The number of anilines is 2. The number of aliphatic carboxylic acids is 1. The summed E-state index contributed by atoms with van der Waals surface area (Å²) >= 11 is 0. The molecular weight excluding hydrogens is 270 g/mol. The zero-order chi connectivity index (χ0) is 15.2. The quantitative estimate of drug-likeness (QED) is 0.736. The number of carbonyl (C=O) groups excluding carboxylic acids is 1. The molecule has 2 rings (SSSR count). The first-order valence-corrected chi connectivity index (χ1v) is 7.19. The third-order valence-corrected chi connectivity index (χ3v) is 3.59. The van der Waals surface area contributed by atoms with E-state index in [1.165, 1.54) is 12.8 Å². The summed E-state index contributed by atoms with van der Waals surface area (Å²) in [6.07, 6.45) is 2.41. The van der Waals surface area contributed by atoms with Crippen LogP contribution in [0.15, 0.2) is 24.3 Å². The highest BCUT2D eigenvalue weighted by Crippen LogP contribution is 2.23. The van der Waals surface area contributed by atoms with Gasteiger partial charge in [-0.3, -0.25) is 9.59 Å². The molecule has 1 heterocycles. The minimum absolute atomic E-state index is 0.109. The molecule has 1 aromatic rings. The second-order valence-electron chi connectivity index (χ2n) is 5.27. The number of hydrogen-bond donors (Lipinski definition) is 3. The summed E-state index contributed by atoms with van der Waals surface area (Å²) < 4.78 is 0. The van der Waals surface area contributed by atoms with Crippen LogP contribution in [0, 0.1) is 0 Å². The molecule has 0 saturated carbocycles. The average Bonchev–Trinajstić information content (AvgIpc) is 2.99. The predicted molar refractivity (Wildman–Crippen MR) is 81.4 cm³/mol. The van der Waals surface area contributed by atoms with E-state index in [-0.39, 0.29) is 18.7 Å². The van der Waals surface area contributed by atoms with Crippen LogP contribution in [0.1, 0.15) is 25.7 Å². The highest BCUT2D eigenvalue weighted by atomic mass is 16.4. The van der Waals surface area contributed by atoms with Gasteiger partial charge in [-0.15, -0.1) is 0 Å². The molecule has 1 unspecified atom stereocenters. The number of benzene rings is 1. The molecule has 1 amide bonds. The molecule has 1 atom stereocenters. The zero-order valence-electron chi connectivity index (χ0n) is 11.9. The SMILES string of the molecule is NC(CCC(=O)O)C(=O)Nc1cccc(N2CCCC2)c1. The van der Waals surface area contributed by atoms with Crippen molar-refractivity contribution in [2.24, 2.45) is 5.73 Å². The van der Waals surface area contributed by atoms with Crippen LogP contribution in [0.3, 0.4) is 0 Å². The van der Waals surface area contributed by atoms with Gasteiger partial charge in [0.05, 0.1) is 6.04 Å². The Balaban J connectivity index is 1.94.